The van der Waals surface area contributed by atoms with Gasteiger partial charge < -0.3 is 10.6 Å². The predicted molar refractivity (Wildman–Crippen MR) is 90.8 cm³/mol. The van der Waals surface area contributed by atoms with Crippen LogP contribution in [0.1, 0.15) is 15.9 Å². The van der Waals surface area contributed by atoms with Gasteiger partial charge >= 0.3 is 0 Å². The van der Waals surface area contributed by atoms with Crippen LogP contribution in [0, 0.1) is 3.57 Å². The maximum absolute atomic E-state index is 12.3. The molecule has 2 aromatic carbocycles. The van der Waals surface area contributed by atoms with Gasteiger partial charge in [-0.3, -0.25) is 4.79 Å². The van der Waals surface area contributed by atoms with E-state index in [1.165, 1.54) is 5.56 Å². The second-order valence-electron chi connectivity index (χ2n) is 4.63. The number of hydrogen-bond donors (Lipinski definition) is 2. The van der Waals surface area contributed by atoms with Gasteiger partial charge in [-0.05, 0) is 71.0 Å². The lowest BCUT2D eigenvalue weighted by atomic mass is 10.1. The molecule has 0 saturated heterocycles. The molecule has 0 fully saturated rings. The highest BCUT2D eigenvalue weighted by molar-refractivity contribution is 14.1. The molecule has 1 aliphatic rings. The fourth-order valence-electron chi connectivity index (χ4n) is 2.25. The van der Waals surface area contributed by atoms with Crippen LogP contribution in [0.25, 0.3) is 0 Å². The van der Waals surface area contributed by atoms with Crippen LogP contribution in [0.3, 0.4) is 0 Å². The van der Waals surface area contributed by atoms with Gasteiger partial charge in [0, 0.05) is 26.5 Å². The van der Waals surface area contributed by atoms with Crippen LogP contribution in [0.2, 0.25) is 5.02 Å². The molecule has 5 heteroatoms. The first-order chi connectivity index (χ1) is 9.63. The Bertz CT molecular complexity index is 688. The molecule has 0 bridgehead atoms. The number of amides is 1. The highest BCUT2D eigenvalue weighted by atomic mass is 127. The molecule has 3 rings (SSSR count). The van der Waals surface area contributed by atoms with E-state index in [1.54, 1.807) is 12.1 Å². The zero-order valence-corrected chi connectivity index (χ0v) is 13.5. The van der Waals surface area contributed by atoms with Gasteiger partial charge in [0.05, 0.1) is 5.56 Å². The Morgan fingerprint density at radius 1 is 1.25 bits per heavy atom. The molecule has 0 aromatic heterocycles. The summed E-state index contributed by atoms with van der Waals surface area (Å²) in [5.74, 6) is -0.136. The summed E-state index contributed by atoms with van der Waals surface area (Å²) in [6.07, 6.45) is 0.994. The molecule has 0 atom stereocenters. The summed E-state index contributed by atoms with van der Waals surface area (Å²) in [5, 5.41) is 6.79. The molecule has 2 N–H and O–H groups in total. The molecular formula is C15H12ClIN2O. The monoisotopic (exact) mass is 398 g/mol. The molecule has 20 heavy (non-hydrogen) atoms. The molecule has 2 aromatic rings. The topological polar surface area (TPSA) is 41.1 Å². The molecule has 3 nitrogen and oxygen atoms in total. The fourth-order valence-corrected chi connectivity index (χ4v) is 3.01. The summed E-state index contributed by atoms with van der Waals surface area (Å²) in [4.78, 5) is 12.3. The van der Waals surface area contributed by atoms with Gasteiger partial charge in [0.1, 0.15) is 0 Å². The van der Waals surface area contributed by atoms with Crippen LogP contribution in [0.15, 0.2) is 36.4 Å². The van der Waals surface area contributed by atoms with Crippen LogP contribution >= 0.6 is 34.2 Å². The quantitative estimate of drug-likeness (QED) is 0.746. The van der Waals surface area contributed by atoms with Gasteiger partial charge in [0.2, 0.25) is 0 Å². The SMILES string of the molecule is O=C(Nc1ccc2c(c1)CCN2)c1cc(Cl)ccc1I. The summed E-state index contributed by atoms with van der Waals surface area (Å²) >= 11 is 8.08. The summed E-state index contributed by atoms with van der Waals surface area (Å²) < 4.78 is 0.882. The number of carbonyl (C=O) groups is 1. The molecule has 0 saturated carbocycles. The second-order valence-corrected chi connectivity index (χ2v) is 6.23. The molecule has 1 aliphatic heterocycles. The van der Waals surface area contributed by atoms with Gasteiger partial charge in [0.15, 0.2) is 0 Å². The number of carbonyl (C=O) groups excluding carboxylic acids is 1. The van der Waals surface area contributed by atoms with Gasteiger partial charge in [-0.15, -0.1) is 0 Å². The molecule has 1 amide bonds. The molecule has 0 radical (unpaired) electrons. The van der Waals surface area contributed by atoms with Gasteiger partial charge in [0.25, 0.3) is 5.91 Å². The van der Waals surface area contributed by atoms with E-state index in [9.17, 15) is 4.79 Å². The summed E-state index contributed by atoms with van der Waals surface area (Å²) in [6, 6.07) is 11.2. The number of nitrogens with one attached hydrogen (secondary N) is 2. The molecule has 0 unspecified atom stereocenters. The normalized spacial score (nSPS) is 12.7. The number of rotatable bonds is 2. The van der Waals surface area contributed by atoms with E-state index in [2.05, 4.69) is 33.2 Å². The number of anilines is 2. The first-order valence-corrected chi connectivity index (χ1v) is 7.72. The lowest BCUT2D eigenvalue weighted by molar-refractivity contribution is 0.102. The Balaban J connectivity index is 1.84. The van der Waals surface area contributed by atoms with E-state index < -0.39 is 0 Å². The molecule has 0 spiro atoms. The van der Waals surface area contributed by atoms with Crippen molar-refractivity contribution in [2.75, 3.05) is 17.2 Å². The first-order valence-electron chi connectivity index (χ1n) is 6.27. The fraction of sp³-hybridized carbons (Fsp3) is 0.133. The largest absolute Gasteiger partial charge is 0.384 e. The zero-order chi connectivity index (χ0) is 14.1. The second kappa shape index (κ2) is 5.61. The van der Waals surface area contributed by atoms with E-state index >= 15 is 0 Å². The van der Waals surface area contributed by atoms with Crippen molar-refractivity contribution in [1.29, 1.82) is 0 Å². The minimum absolute atomic E-state index is 0.136. The van der Waals surface area contributed by atoms with Crippen molar-refractivity contribution >= 4 is 51.5 Å². The maximum Gasteiger partial charge on any atom is 0.256 e. The van der Waals surface area contributed by atoms with Crippen molar-refractivity contribution in [3.8, 4) is 0 Å². The third-order valence-corrected chi connectivity index (χ3v) is 4.42. The molecule has 102 valence electrons. The Hall–Kier alpha value is -1.27. The maximum atomic E-state index is 12.3. The minimum Gasteiger partial charge on any atom is -0.384 e. The summed E-state index contributed by atoms with van der Waals surface area (Å²) in [7, 11) is 0. The average Bonchev–Trinajstić information content (AvgIpc) is 2.89. The first kappa shape index (κ1) is 13.7. The van der Waals surface area contributed by atoms with Crippen molar-refractivity contribution in [3.05, 3.63) is 56.1 Å². The Kier molecular flexibility index (Phi) is 3.85. The molecule has 1 heterocycles. The number of hydrogen-bond acceptors (Lipinski definition) is 2. The van der Waals surface area contributed by atoms with Gasteiger partial charge in [-0.25, -0.2) is 0 Å². The predicted octanol–water partition coefficient (Wildman–Crippen LogP) is 4.16. The summed E-state index contributed by atoms with van der Waals surface area (Å²) in [6.45, 7) is 0.957. The highest BCUT2D eigenvalue weighted by Gasteiger charge is 2.14. The Morgan fingerprint density at radius 3 is 2.95 bits per heavy atom. The van der Waals surface area contributed by atoms with Crippen LogP contribution < -0.4 is 10.6 Å². The van der Waals surface area contributed by atoms with Crippen molar-refractivity contribution < 1.29 is 4.79 Å². The van der Waals surface area contributed by atoms with Crippen molar-refractivity contribution in [2.24, 2.45) is 0 Å². The van der Waals surface area contributed by atoms with Crippen molar-refractivity contribution in [2.45, 2.75) is 6.42 Å². The third kappa shape index (κ3) is 2.76. The van der Waals surface area contributed by atoms with Gasteiger partial charge in [-0.1, -0.05) is 11.6 Å². The smallest absolute Gasteiger partial charge is 0.256 e. The van der Waals surface area contributed by atoms with E-state index in [1.807, 2.05) is 24.3 Å². The van der Waals surface area contributed by atoms with Crippen LogP contribution in [0.4, 0.5) is 11.4 Å². The number of benzene rings is 2. The lowest BCUT2D eigenvalue weighted by Gasteiger charge is -2.09. The average molecular weight is 399 g/mol. The molecule has 0 aliphatic carbocycles. The summed E-state index contributed by atoms with van der Waals surface area (Å²) in [5.41, 5.74) is 3.80. The Morgan fingerprint density at radius 2 is 2.10 bits per heavy atom. The van der Waals surface area contributed by atoms with Crippen molar-refractivity contribution in [3.63, 3.8) is 0 Å². The highest BCUT2D eigenvalue weighted by Crippen LogP contribution is 2.26. The van der Waals surface area contributed by atoms with E-state index in [0.29, 0.717) is 10.6 Å². The standard InChI is InChI=1S/C15H12ClIN2O/c16-10-1-3-13(17)12(8-10)15(20)19-11-2-4-14-9(7-11)5-6-18-14/h1-4,7-8,18H,5-6H2,(H,19,20). The number of halogens is 2. The number of fused-ring (bicyclic) bond motifs is 1. The zero-order valence-electron chi connectivity index (χ0n) is 10.5. The van der Waals surface area contributed by atoms with Crippen LogP contribution in [-0.2, 0) is 6.42 Å². The molecular weight excluding hydrogens is 387 g/mol. The van der Waals surface area contributed by atoms with E-state index in [0.717, 1.165) is 27.9 Å². The minimum atomic E-state index is -0.136. The lowest BCUT2D eigenvalue weighted by Crippen LogP contribution is -2.13. The van der Waals surface area contributed by atoms with Gasteiger partial charge in [-0.2, -0.15) is 0 Å². The third-order valence-electron chi connectivity index (χ3n) is 3.25. The van der Waals surface area contributed by atoms with E-state index in [-0.39, 0.29) is 5.91 Å². The van der Waals surface area contributed by atoms with Crippen LogP contribution in [0.5, 0.6) is 0 Å². The van der Waals surface area contributed by atoms with Crippen molar-refractivity contribution in [1.82, 2.24) is 0 Å². The van der Waals surface area contributed by atoms with E-state index in [4.69, 9.17) is 11.6 Å². The Labute approximate surface area is 135 Å². The van der Waals surface area contributed by atoms with Crippen LogP contribution in [-0.4, -0.2) is 12.5 Å².